The molecule has 10 aliphatic rings. The van der Waals surface area contributed by atoms with Crippen molar-refractivity contribution in [2.24, 2.45) is 0 Å². The van der Waals surface area contributed by atoms with Gasteiger partial charge in [0.15, 0.2) is 0 Å². The molecule has 3 saturated carbocycles. The summed E-state index contributed by atoms with van der Waals surface area (Å²) in [5, 5.41) is 0. The summed E-state index contributed by atoms with van der Waals surface area (Å²) < 4.78 is 112. The average molecular weight is 1950 g/mol. The van der Waals surface area contributed by atoms with Crippen LogP contribution in [-0.2, 0) is 78.6 Å². The van der Waals surface area contributed by atoms with Crippen molar-refractivity contribution >= 4 is 0 Å². The van der Waals surface area contributed by atoms with Gasteiger partial charge in [-0.25, -0.2) is 26.3 Å². The van der Waals surface area contributed by atoms with Gasteiger partial charge in [0.25, 0.3) is 0 Å². The van der Waals surface area contributed by atoms with E-state index in [1.54, 1.807) is 0 Å². The Bertz CT molecular complexity index is 4250. The van der Waals surface area contributed by atoms with Crippen molar-refractivity contribution in [2.45, 2.75) is 405 Å². The average Bonchev–Trinajstić information content (AvgIpc) is 1.59. The summed E-state index contributed by atoms with van der Waals surface area (Å²) in [6, 6.07) is 33.5. The van der Waals surface area contributed by atoms with Crippen molar-refractivity contribution in [2.75, 3.05) is 121 Å². The number of pyridine rings is 7. The number of nitrogens with zero attached hydrogens (tertiary/aromatic N) is 11. The highest BCUT2D eigenvalue weighted by molar-refractivity contribution is 5.36. The van der Waals surface area contributed by atoms with Crippen LogP contribution in [0.5, 0.6) is 0 Å². The molecule has 140 heavy (non-hydrogen) atoms. The van der Waals surface area contributed by atoms with Gasteiger partial charge in [-0.05, 0) is 287 Å². The third-order valence-corrected chi connectivity index (χ3v) is 29.4. The zero-order valence-electron chi connectivity index (χ0n) is 89.0. The molecule has 18 nitrogen and oxygen atoms in total. The Morgan fingerprint density at radius 3 is 0.564 bits per heavy atom. The van der Waals surface area contributed by atoms with Crippen LogP contribution in [0.25, 0.3) is 0 Å². The fourth-order valence-electron chi connectivity index (χ4n) is 19.5. The van der Waals surface area contributed by atoms with E-state index in [1.165, 1.54) is 123 Å². The predicted octanol–water partition coefficient (Wildman–Crippen LogP) is 26.3. The van der Waals surface area contributed by atoms with Gasteiger partial charge in [-0.3, -0.25) is 54.5 Å². The molecule has 0 N–H and O–H groups in total. The van der Waals surface area contributed by atoms with Crippen molar-refractivity contribution in [3.05, 3.63) is 204 Å². The Morgan fingerprint density at radius 1 is 0.243 bits per heavy atom. The Balaban J connectivity index is 0.000000156. The lowest BCUT2D eigenvalue weighted by Crippen LogP contribution is -2.27. The number of aromatic nitrogens is 7. The summed E-state index contributed by atoms with van der Waals surface area (Å²) in [7, 11) is 8.87. The van der Waals surface area contributed by atoms with E-state index in [0.29, 0.717) is 127 Å². The Morgan fingerprint density at radius 2 is 0.414 bits per heavy atom. The molecule has 7 atom stereocenters. The highest BCUT2D eigenvalue weighted by Gasteiger charge is 2.35. The van der Waals surface area contributed by atoms with Gasteiger partial charge in [0.1, 0.15) is 0 Å². The lowest BCUT2D eigenvalue weighted by atomic mass is 9.93. The standard InChI is InChI=1S/3C17H26N2O.C17H28N2O.3C16H23F2NO/c3*1-12(2)16-7-6-15(13-8-9-20-11-13)17(18-16)10-19(3)14-4-5-14;1-12(2)16-7-6-15(14-8-9-20-11-14)17(18-16)10-19(5)13(3)4;3*1-11(2)14-7-6-13(12-8-9-20-10-12)15(19-14)4-3-5-16(17)18/h3*6-7,12-14H,4-5,8-11H2,1-3H3;6-7,12-14H,8-11H2,1-5H3;3*6-7,11-12,16H,3-5,8-10H2,1-2H3/t2*13-;;;2*12-;/m10..10./s1. The topological polar surface area (TPSA) is 168 Å². The van der Waals surface area contributed by atoms with Crippen LogP contribution in [0.1, 0.15) is 434 Å². The largest absolute Gasteiger partial charge is 0.381 e. The monoisotopic (exact) mass is 1950 g/mol. The van der Waals surface area contributed by atoms with Crippen molar-refractivity contribution < 1.29 is 59.5 Å². The number of alkyl halides is 6. The molecule has 0 aromatic carbocycles. The summed E-state index contributed by atoms with van der Waals surface area (Å²) in [4.78, 5) is 43.7. The lowest BCUT2D eigenvalue weighted by Gasteiger charge is -2.24. The number of hydrogen-bond donors (Lipinski definition) is 0. The minimum atomic E-state index is -2.22. The van der Waals surface area contributed by atoms with E-state index in [2.05, 4.69) is 243 Å². The molecule has 24 heteroatoms. The minimum Gasteiger partial charge on any atom is -0.381 e. The maximum atomic E-state index is 12.3. The molecule has 778 valence electrons. The third-order valence-electron chi connectivity index (χ3n) is 29.4. The van der Waals surface area contributed by atoms with E-state index in [-0.39, 0.29) is 19.3 Å². The molecular formula is C116H175F6N11O7. The second kappa shape index (κ2) is 57.3. The Labute approximate surface area is 838 Å². The zero-order valence-corrected chi connectivity index (χ0v) is 89.0. The van der Waals surface area contributed by atoms with E-state index >= 15 is 0 Å². The van der Waals surface area contributed by atoms with Gasteiger partial charge in [0.05, 0.1) is 69.0 Å². The molecule has 3 aliphatic carbocycles. The fraction of sp³-hybridized carbons (Fsp3) is 0.698. The molecule has 0 bridgehead atoms. The summed E-state index contributed by atoms with van der Waals surface area (Å²) in [5.41, 5.74) is 25.2. The normalized spacial score (nSPS) is 20.9. The second-order valence-corrected chi connectivity index (χ2v) is 43.7. The lowest BCUT2D eigenvalue weighted by molar-refractivity contribution is 0.134. The quantitative estimate of drug-likeness (QED) is 0.0335. The van der Waals surface area contributed by atoms with Gasteiger partial charge in [-0.1, -0.05) is 139 Å². The maximum absolute atomic E-state index is 12.3. The fourth-order valence-corrected chi connectivity index (χ4v) is 19.5. The van der Waals surface area contributed by atoms with Crippen LogP contribution in [0, 0.1) is 0 Å². The van der Waals surface area contributed by atoms with E-state index < -0.39 is 19.3 Å². The van der Waals surface area contributed by atoms with Gasteiger partial charge >= 0.3 is 0 Å². The van der Waals surface area contributed by atoms with Crippen LogP contribution in [0.4, 0.5) is 26.3 Å². The highest BCUT2D eigenvalue weighted by Crippen LogP contribution is 2.40. The molecule has 0 radical (unpaired) electrons. The maximum Gasteiger partial charge on any atom is 0.238 e. The molecule has 14 heterocycles. The molecule has 7 aromatic rings. The summed E-state index contributed by atoms with van der Waals surface area (Å²) in [6.07, 6.45) is 12.2. The molecule has 0 spiro atoms. The molecular weight excluding hydrogens is 1770 g/mol. The molecule has 7 aliphatic heterocycles. The summed E-state index contributed by atoms with van der Waals surface area (Å²) >= 11 is 0. The van der Waals surface area contributed by atoms with Crippen molar-refractivity contribution in [1.29, 1.82) is 0 Å². The number of ether oxygens (including phenoxy) is 7. The van der Waals surface area contributed by atoms with Crippen molar-refractivity contribution in [3.63, 3.8) is 0 Å². The summed E-state index contributed by atoms with van der Waals surface area (Å²) in [5.74, 6) is 6.35. The predicted molar refractivity (Wildman–Crippen MR) is 552 cm³/mol. The number of halogens is 6. The van der Waals surface area contributed by atoms with Crippen LogP contribution in [0.3, 0.4) is 0 Å². The molecule has 7 aromatic heterocycles. The first-order valence-corrected chi connectivity index (χ1v) is 53.8. The van der Waals surface area contributed by atoms with Gasteiger partial charge in [-0.15, -0.1) is 0 Å². The highest BCUT2D eigenvalue weighted by atomic mass is 19.3. The first-order valence-electron chi connectivity index (χ1n) is 53.8. The second-order valence-electron chi connectivity index (χ2n) is 43.7. The van der Waals surface area contributed by atoms with E-state index in [4.69, 9.17) is 68.0 Å². The van der Waals surface area contributed by atoms with Crippen LogP contribution in [-0.4, -0.2) is 219 Å². The number of rotatable bonds is 38. The number of aryl methyl sites for hydroxylation is 3. The van der Waals surface area contributed by atoms with Crippen molar-refractivity contribution in [3.8, 4) is 0 Å². The molecule has 17 rings (SSSR count). The van der Waals surface area contributed by atoms with E-state index in [0.717, 1.165) is 216 Å². The van der Waals surface area contributed by atoms with Gasteiger partial charge in [-0.2, -0.15) is 0 Å². The minimum absolute atomic E-state index is 0.0474. The molecule has 10 fully saturated rings. The van der Waals surface area contributed by atoms with Crippen LogP contribution in [0.2, 0.25) is 0 Å². The third kappa shape index (κ3) is 36.1. The van der Waals surface area contributed by atoms with Crippen LogP contribution >= 0.6 is 0 Å². The SMILES string of the molecule is CC(C)c1ccc(C2CCOC2)c(CCCC(F)F)n1.CC(C)c1ccc(C2CCOC2)c(CN(C)C(C)C)n1.CC(C)c1ccc(C2CCOC2)c(CN(C)C2CC2)n1.CC(C)c1ccc([C@@H]2CCOC2)c(CCCC(F)F)n1.CC(C)c1ccc([C@@H]2CCOC2)c(CN(C)C2CC2)n1.CC(C)c1ccc([C@H]2CCOC2)c(CCCC(F)F)n1.CC(C)c1ccc([C@H]2CCOC2)c(CN(C)C2CC2)n1. The first-order chi connectivity index (χ1) is 67.2. The smallest absolute Gasteiger partial charge is 0.238 e. The molecule has 3 unspecified atom stereocenters. The van der Waals surface area contributed by atoms with Crippen LogP contribution in [0.15, 0.2) is 84.9 Å². The van der Waals surface area contributed by atoms with Crippen LogP contribution < -0.4 is 0 Å². The van der Waals surface area contributed by atoms with E-state index in [1.807, 2.05) is 0 Å². The molecule has 0 amide bonds. The van der Waals surface area contributed by atoms with Gasteiger partial charge in [0.2, 0.25) is 19.3 Å². The summed E-state index contributed by atoms with van der Waals surface area (Å²) in [6.45, 7) is 50.2. The van der Waals surface area contributed by atoms with Gasteiger partial charge in [0, 0.05) is 214 Å². The Hall–Kier alpha value is -6.81. The van der Waals surface area contributed by atoms with Gasteiger partial charge < -0.3 is 33.2 Å². The zero-order chi connectivity index (χ0) is 101. The first kappa shape index (κ1) is 114. The van der Waals surface area contributed by atoms with Crippen molar-refractivity contribution in [1.82, 2.24) is 54.5 Å². The number of hydrogen-bond acceptors (Lipinski definition) is 18. The van der Waals surface area contributed by atoms with E-state index in [9.17, 15) is 26.3 Å². The molecule has 7 saturated heterocycles. The Kier molecular flexibility index (Phi) is 46.5.